The van der Waals surface area contributed by atoms with Gasteiger partial charge in [-0.15, -0.1) is 0 Å². The highest BCUT2D eigenvalue weighted by Crippen LogP contribution is 2.14. The molecule has 7 heteroatoms. The monoisotopic (exact) mass is 330 g/mol. The van der Waals surface area contributed by atoms with E-state index in [9.17, 15) is 13.2 Å². The SMILES string of the molecule is CCCS(=O)(=O)N1CCN(C(=O)c2ccc(Cl)cc2)CC1. The molecule has 0 radical (unpaired) electrons. The highest BCUT2D eigenvalue weighted by molar-refractivity contribution is 7.89. The number of halogens is 1. The molecule has 1 aromatic carbocycles. The highest BCUT2D eigenvalue weighted by Gasteiger charge is 2.28. The first-order valence-electron chi connectivity index (χ1n) is 6.96. The summed E-state index contributed by atoms with van der Waals surface area (Å²) >= 11 is 5.80. The van der Waals surface area contributed by atoms with Crippen molar-refractivity contribution in [2.75, 3.05) is 31.9 Å². The van der Waals surface area contributed by atoms with Crippen LogP contribution in [-0.2, 0) is 10.0 Å². The number of amides is 1. The predicted octanol–water partition coefficient (Wildman–Crippen LogP) is 1.84. The molecule has 0 aromatic heterocycles. The molecule has 0 spiro atoms. The molecule has 5 nitrogen and oxygen atoms in total. The number of carbonyl (C=O) groups excluding carboxylic acids is 1. The van der Waals surface area contributed by atoms with Crippen molar-refractivity contribution < 1.29 is 13.2 Å². The molecule has 21 heavy (non-hydrogen) atoms. The lowest BCUT2D eigenvalue weighted by molar-refractivity contribution is 0.0698. The molecule has 0 atom stereocenters. The number of benzene rings is 1. The fourth-order valence-electron chi connectivity index (χ4n) is 2.33. The number of hydrogen-bond donors (Lipinski definition) is 0. The number of hydrogen-bond acceptors (Lipinski definition) is 3. The Morgan fingerprint density at radius 3 is 2.24 bits per heavy atom. The van der Waals surface area contributed by atoms with Gasteiger partial charge >= 0.3 is 0 Å². The van der Waals surface area contributed by atoms with Crippen molar-refractivity contribution in [3.63, 3.8) is 0 Å². The summed E-state index contributed by atoms with van der Waals surface area (Å²) in [6.45, 7) is 3.41. The summed E-state index contributed by atoms with van der Waals surface area (Å²) in [4.78, 5) is 14.0. The van der Waals surface area contributed by atoms with Gasteiger partial charge in [-0.2, -0.15) is 4.31 Å². The lowest BCUT2D eigenvalue weighted by Gasteiger charge is -2.34. The molecular weight excluding hydrogens is 312 g/mol. The van der Waals surface area contributed by atoms with Crippen LogP contribution in [0.4, 0.5) is 0 Å². The maximum Gasteiger partial charge on any atom is 0.253 e. The van der Waals surface area contributed by atoms with E-state index in [-0.39, 0.29) is 11.7 Å². The van der Waals surface area contributed by atoms with E-state index in [2.05, 4.69) is 0 Å². The third-order valence-electron chi connectivity index (χ3n) is 3.47. The largest absolute Gasteiger partial charge is 0.336 e. The molecule has 0 N–H and O–H groups in total. The van der Waals surface area contributed by atoms with Crippen molar-refractivity contribution in [2.24, 2.45) is 0 Å². The van der Waals surface area contributed by atoms with Crippen molar-refractivity contribution in [2.45, 2.75) is 13.3 Å². The first-order valence-corrected chi connectivity index (χ1v) is 8.95. The minimum atomic E-state index is -3.17. The first-order chi connectivity index (χ1) is 9.94. The zero-order valence-corrected chi connectivity index (χ0v) is 13.5. The Bertz CT molecular complexity index is 593. The van der Waals surface area contributed by atoms with E-state index in [4.69, 9.17) is 11.6 Å². The lowest BCUT2D eigenvalue weighted by atomic mass is 10.2. The number of rotatable bonds is 4. The van der Waals surface area contributed by atoms with Gasteiger partial charge in [-0.25, -0.2) is 8.42 Å². The van der Waals surface area contributed by atoms with Gasteiger partial charge in [0.05, 0.1) is 5.75 Å². The smallest absolute Gasteiger partial charge is 0.253 e. The second-order valence-corrected chi connectivity index (χ2v) is 7.54. The summed E-state index contributed by atoms with van der Waals surface area (Å²) in [6, 6.07) is 6.73. The molecule has 1 aromatic rings. The van der Waals surface area contributed by atoms with Gasteiger partial charge in [0.25, 0.3) is 5.91 Å². The van der Waals surface area contributed by atoms with E-state index in [1.54, 1.807) is 29.2 Å². The van der Waals surface area contributed by atoms with Crippen molar-refractivity contribution in [1.29, 1.82) is 0 Å². The fraction of sp³-hybridized carbons (Fsp3) is 0.500. The van der Waals surface area contributed by atoms with Gasteiger partial charge in [-0.05, 0) is 30.7 Å². The molecular formula is C14H19ClN2O3S. The fourth-order valence-corrected chi connectivity index (χ4v) is 3.95. The van der Waals surface area contributed by atoms with Gasteiger partial charge in [0.1, 0.15) is 0 Å². The molecule has 2 rings (SSSR count). The number of sulfonamides is 1. The van der Waals surface area contributed by atoms with Crippen LogP contribution in [0.25, 0.3) is 0 Å². The first kappa shape index (κ1) is 16.3. The summed E-state index contributed by atoms with van der Waals surface area (Å²) in [6.07, 6.45) is 0.603. The Morgan fingerprint density at radius 1 is 1.14 bits per heavy atom. The average molecular weight is 331 g/mol. The van der Waals surface area contributed by atoms with Gasteiger partial charge in [0.2, 0.25) is 10.0 Å². The zero-order valence-electron chi connectivity index (χ0n) is 12.0. The number of nitrogens with zero attached hydrogens (tertiary/aromatic N) is 2. The Morgan fingerprint density at radius 2 is 1.71 bits per heavy atom. The normalized spacial score (nSPS) is 17.0. The molecule has 1 amide bonds. The van der Waals surface area contributed by atoms with E-state index in [1.165, 1.54) is 4.31 Å². The Kier molecular flexibility index (Phi) is 5.24. The van der Waals surface area contributed by atoms with Crippen LogP contribution in [0.1, 0.15) is 23.7 Å². The van der Waals surface area contributed by atoms with Gasteiger partial charge in [0.15, 0.2) is 0 Å². The topological polar surface area (TPSA) is 57.7 Å². The van der Waals surface area contributed by atoms with Crippen LogP contribution in [0.2, 0.25) is 5.02 Å². The minimum Gasteiger partial charge on any atom is -0.336 e. The molecule has 1 aliphatic heterocycles. The minimum absolute atomic E-state index is 0.0841. The molecule has 1 heterocycles. The van der Waals surface area contributed by atoms with E-state index in [0.29, 0.717) is 43.2 Å². The van der Waals surface area contributed by atoms with Crippen LogP contribution in [0.3, 0.4) is 0 Å². The quantitative estimate of drug-likeness (QED) is 0.846. The van der Waals surface area contributed by atoms with Crippen molar-refractivity contribution in [3.05, 3.63) is 34.9 Å². The molecule has 0 unspecified atom stereocenters. The predicted molar refractivity (Wildman–Crippen MR) is 83.0 cm³/mol. The summed E-state index contributed by atoms with van der Waals surface area (Å²) in [5.74, 6) is 0.0807. The van der Waals surface area contributed by atoms with E-state index in [0.717, 1.165) is 0 Å². The van der Waals surface area contributed by atoms with Crippen molar-refractivity contribution in [1.82, 2.24) is 9.21 Å². The molecule has 0 bridgehead atoms. The van der Waals surface area contributed by atoms with Crippen LogP contribution in [-0.4, -0.2) is 55.5 Å². The van der Waals surface area contributed by atoms with Crippen molar-refractivity contribution in [3.8, 4) is 0 Å². The summed E-state index contributed by atoms with van der Waals surface area (Å²) in [7, 11) is -3.17. The summed E-state index contributed by atoms with van der Waals surface area (Å²) < 4.78 is 25.4. The van der Waals surface area contributed by atoms with Gasteiger partial charge in [-0.3, -0.25) is 4.79 Å². The van der Waals surface area contributed by atoms with Crippen LogP contribution in [0.5, 0.6) is 0 Å². The molecule has 1 fully saturated rings. The maximum atomic E-state index is 12.3. The van der Waals surface area contributed by atoms with Crippen LogP contribution in [0.15, 0.2) is 24.3 Å². The average Bonchev–Trinajstić information content (AvgIpc) is 2.47. The van der Waals surface area contributed by atoms with Gasteiger partial charge in [0, 0.05) is 36.8 Å². The zero-order chi connectivity index (χ0) is 15.5. The Balaban J connectivity index is 1.98. The van der Waals surface area contributed by atoms with E-state index < -0.39 is 10.0 Å². The Labute approximate surface area is 130 Å². The van der Waals surface area contributed by atoms with E-state index in [1.807, 2.05) is 6.92 Å². The summed E-state index contributed by atoms with van der Waals surface area (Å²) in [5, 5.41) is 0.585. The van der Waals surface area contributed by atoms with Gasteiger partial charge in [-0.1, -0.05) is 18.5 Å². The Hall–Kier alpha value is -1.11. The van der Waals surface area contributed by atoms with E-state index >= 15 is 0 Å². The standard InChI is InChI=1S/C14H19ClN2O3S/c1-2-11-21(19,20)17-9-7-16(8-10-17)14(18)12-3-5-13(15)6-4-12/h3-6H,2,7-11H2,1H3. The second-order valence-electron chi connectivity index (χ2n) is 5.01. The maximum absolute atomic E-state index is 12.3. The van der Waals surface area contributed by atoms with Gasteiger partial charge < -0.3 is 4.90 Å². The molecule has 116 valence electrons. The molecule has 1 saturated heterocycles. The molecule has 0 saturated carbocycles. The third-order valence-corrected chi connectivity index (χ3v) is 5.80. The lowest BCUT2D eigenvalue weighted by Crippen LogP contribution is -2.51. The number of piperazine rings is 1. The van der Waals surface area contributed by atoms with Crippen LogP contribution >= 0.6 is 11.6 Å². The molecule has 1 aliphatic rings. The summed E-state index contributed by atoms with van der Waals surface area (Å²) in [5.41, 5.74) is 0.573. The number of carbonyl (C=O) groups is 1. The third kappa shape index (κ3) is 3.96. The highest BCUT2D eigenvalue weighted by atomic mass is 35.5. The second kappa shape index (κ2) is 6.77. The molecule has 0 aliphatic carbocycles. The van der Waals surface area contributed by atoms with Crippen LogP contribution in [0, 0.1) is 0 Å². The van der Waals surface area contributed by atoms with Crippen LogP contribution < -0.4 is 0 Å². The van der Waals surface area contributed by atoms with Crippen molar-refractivity contribution >= 4 is 27.5 Å².